The van der Waals surface area contributed by atoms with Crippen molar-refractivity contribution in [2.45, 2.75) is 19.5 Å². The van der Waals surface area contributed by atoms with Crippen molar-refractivity contribution in [2.75, 3.05) is 5.33 Å². The van der Waals surface area contributed by atoms with Crippen molar-refractivity contribution in [3.05, 3.63) is 58.9 Å². The lowest BCUT2D eigenvalue weighted by molar-refractivity contribution is -0.141. The number of halogens is 6. The lowest BCUT2D eigenvalue weighted by atomic mass is 9.90. The average Bonchev–Trinajstić information content (AvgIpc) is 2.58. The van der Waals surface area contributed by atoms with Crippen molar-refractivity contribution in [3.63, 3.8) is 0 Å². The number of hydrogen-bond acceptors (Lipinski definition) is 2. The third-order valence-electron chi connectivity index (χ3n) is 3.53. The van der Waals surface area contributed by atoms with E-state index >= 15 is 0 Å². The molecule has 1 aromatic heterocycles. The molecule has 0 radical (unpaired) electrons. The van der Waals surface area contributed by atoms with Gasteiger partial charge in [-0.1, -0.05) is 58.4 Å². The summed E-state index contributed by atoms with van der Waals surface area (Å²) in [5.74, 6) is -0.905. The lowest BCUT2D eigenvalue weighted by Crippen LogP contribution is -2.19. The molecule has 2 nitrogen and oxygen atoms in total. The number of allylic oxidation sites excluding steroid dienone is 1. The van der Waals surface area contributed by atoms with Crippen molar-refractivity contribution in [2.24, 2.45) is 0 Å². The zero-order valence-electron chi connectivity index (χ0n) is 13.4. The minimum Gasteiger partial charge on any atom is -0.294 e. The van der Waals surface area contributed by atoms with Crippen LogP contribution in [0, 0.1) is 0 Å². The molecule has 2 aromatic rings. The van der Waals surface area contributed by atoms with Gasteiger partial charge in [0.1, 0.15) is 5.69 Å². The zero-order chi connectivity index (χ0) is 19.5. The third kappa shape index (κ3) is 4.17. The summed E-state index contributed by atoms with van der Waals surface area (Å²) in [5.41, 5.74) is -3.52. The molecule has 0 saturated carbocycles. The number of pyridine rings is 1. The maximum atomic E-state index is 13.5. The number of alkyl halides is 6. The van der Waals surface area contributed by atoms with Gasteiger partial charge in [-0.3, -0.25) is 4.79 Å². The Bertz CT molecular complexity index is 832. The molecule has 0 fully saturated rings. The van der Waals surface area contributed by atoms with Crippen molar-refractivity contribution in [3.8, 4) is 11.1 Å². The van der Waals surface area contributed by atoms with Crippen LogP contribution in [0.15, 0.2) is 36.4 Å². The van der Waals surface area contributed by atoms with Crippen molar-refractivity contribution in [1.82, 2.24) is 4.98 Å². The highest BCUT2D eigenvalue weighted by atomic mass is 79.9. The van der Waals surface area contributed by atoms with Gasteiger partial charge in [-0.2, -0.15) is 13.2 Å². The Labute approximate surface area is 154 Å². The number of benzene rings is 1. The molecule has 0 amide bonds. The second-order valence-corrected chi connectivity index (χ2v) is 5.93. The number of carbonyl (C=O) groups is 1. The molecule has 2 rings (SSSR count). The van der Waals surface area contributed by atoms with Gasteiger partial charge in [0.05, 0.1) is 5.56 Å². The Morgan fingerprint density at radius 1 is 1.23 bits per heavy atom. The molecule has 138 valence electrons. The fourth-order valence-corrected chi connectivity index (χ4v) is 2.75. The SMILES string of the molecule is CC(=O)c1c(C(F)(F)F)nc(C(F)F)c(/C=C/CBr)c1-c1ccccc1. The number of carbonyl (C=O) groups excluding carboxylic acids is 1. The first-order valence-corrected chi connectivity index (χ1v) is 8.52. The Balaban J connectivity index is 3.05. The van der Waals surface area contributed by atoms with Gasteiger partial charge in [0, 0.05) is 16.5 Å². The van der Waals surface area contributed by atoms with Gasteiger partial charge in [0.2, 0.25) is 0 Å². The van der Waals surface area contributed by atoms with Crippen molar-refractivity contribution >= 4 is 27.8 Å². The predicted molar refractivity (Wildman–Crippen MR) is 92.5 cm³/mol. The summed E-state index contributed by atoms with van der Waals surface area (Å²) < 4.78 is 67.3. The maximum Gasteiger partial charge on any atom is 0.434 e. The number of rotatable bonds is 5. The van der Waals surface area contributed by atoms with Crippen LogP contribution in [-0.2, 0) is 6.18 Å². The van der Waals surface area contributed by atoms with E-state index in [0.29, 0.717) is 5.33 Å². The molecule has 0 aliphatic rings. The summed E-state index contributed by atoms with van der Waals surface area (Å²) in [6, 6.07) is 7.65. The molecule has 0 atom stereocenters. The highest BCUT2D eigenvalue weighted by molar-refractivity contribution is 9.09. The standard InChI is InChI=1S/C18H13BrF5NO/c1-10(26)13-14(11-6-3-2-4-7-11)12(8-5-9-19)15(17(20)21)25-16(13)18(22,23)24/h2-8,17H,9H2,1H3/b8-5+. The van der Waals surface area contributed by atoms with Gasteiger partial charge < -0.3 is 0 Å². The van der Waals surface area contributed by atoms with Crippen LogP contribution in [-0.4, -0.2) is 16.1 Å². The van der Waals surface area contributed by atoms with E-state index in [0.717, 1.165) is 6.92 Å². The van der Waals surface area contributed by atoms with E-state index in [4.69, 9.17) is 0 Å². The summed E-state index contributed by atoms with van der Waals surface area (Å²) in [6.07, 6.45) is -5.59. The molecule has 1 aromatic carbocycles. The van der Waals surface area contributed by atoms with Gasteiger partial charge in [-0.15, -0.1) is 0 Å². The fraction of sp³-hybridized carbons (Fsp3) is 0.222. The Morgan fingerprint density at radius 2 is 1.85 bits per heavy atom. The number of ketones is 1. The minimum atomic E-state index is -5.05. The summed E-state index contributed by atoms with van der Waals surface area (Å²) in [6.45, 7) is 0.957. The quantitative estimate of drug-likeness (QED) is 0.314. The molecule has 0 aliphatic heterocycles. The summed E-state index contributed by atoms with van der Waals surface area (Å²) in [4.78, 5) is 15.2. The van der Waals surface area contributed by atoms with E-state index < -0.39 is 35.3 Å². The first-order valence-electron chi connectivity index (χ1n) is 7.40. The predicted octanol–water partition coefficient (Wildman–Crippen LogP) is 6.32. The highest BCUT2D eigenvalue weighted by Crippen LogP contribution is 2.41. The monoisotopic (exact) mass is 433 g/mol. The van der Waals surface area contributed by atoms with Gasteiger partial charge in [0.15, 0.2) is 11.5 Å². The largest absolute Gasteiger partial charge is 0.434 e. The van der Waals surface area contributed by atoms with Crippen LogP contribution >= 0.6 is 15.9 Å². The lowest BCUT2D eigenvalue weighted by Gasteiger charge is -2.20. The number of hydrogen-bond donors (Lipinski definition) is 0. The number of aromatic nitrogens is 1. The normalized spacial score (nSPS) is 12.2. The fourth-order valence-electron chi connectivity index (χ4n) is 2.57. The van der Waals surface area contributed by atoms with Crippen molar-refractivity contribution < 1.29 is 26.7 Å². The molecule has 0 N–H and O–H groups in total. The molecule has 0 bridgehead atoms. The van der Waals surface area contributed by atoms with Crippen LogP contribution in [0.2, 0.25) is 0 Å². The topological polar surface area (TPSA) is 30.0 Å². The van der Waals surface area contributed by atoms with Crippen LogP contribution in [0.4, 0.5) is 22.0 Å². The van der Waals surface area contributed by atoms with E-state index in [9.17, 15) is 26.7 Å². The van der Waals surface area contributed by atoms with Crippen LogP contribution in [0.3, 0.4) is 0 Å². The van der Waals surface area contributed by atoms with Gasteiger partial charge >= 0.3 is 6.18 Å². The van der Waals surface area contributed by atoms with E-state index in [2.05, 4.69) is 20.9 Å². The maximum absolute atomic E-state index is 13.5. The first kappa shape index (κ1) is 20.2. The van der Waals surface area contributed by atoms with Crippen LogP contribution in [0.1, 0.15) is 40.7 Å². The molecule has 0 spiro atoms. The number of nitrogens with zero attached hydrogens (tertiary/aromatic N) is 1. The first-order chi connectivity index (χ1) is 12.2. The van der Waals surface area contributed by atoms with Gasteiger partial charge in [-0.25, -0.2) is 13.8 Å². The molecular formula is C18H13BrF5NO. The zero-order valence-corrected chi connectivity index (χ0v) is 15.0. The van der Waals surface area contributed by atoms with E-state index in [1.165, 1.54) is 24.3 Å². The third-order valence-corrected chi connectivity index (χ3v) is 3.90. The van der Waals surface area contributed by atoms with Gasteiger partial charge in [0.25, 0.3) is 6.43 Å². The molecule has 0 saturated heterocycles. The van der Waals surface area contributed by atoms with Crippen molar-refractivity contribution in [1.29, 1.82) is 0 Å². The Morgan fingerprint density at radius 3 is 2.31 bits per heavy atom. The average molecular weight is 434 g/mol. The summed E-state index contributed by atoms with van der Waals surface area (Å²) >= 11 is 3.10. The molecule has 8 heteroatoms. The number of Topliss-reactive ketones (excluding diaryl/α,β-unsaturated/α-hetero) is 1. The van der Waals surface area contributed by atoms with Gasteiger partial charge in [-0.05, 0) is 12.5 Å². The van der Waals surface area contributed by atoms with E-state index in [1.807, 2.05) is 0 Å². The Kier molecular flexibility index (Phi) is 6.28. The smallest absolute Gasteiger partial charge is 0.294 e. The highest BCUT2D eigenvalue weighted by Gasteiger charge is 2.40. The van der Waals surface area contributed by atoms with Crippen LogP contribution < -0.4 is 0 Å². The second-order valence-electron chi connectivity index (χ2n) is 5.29. The van der Waals surface area contributed by atoms with E-state index in [-0.39, 0.29) is 16.7 Å². The Hall–Kier alpha value is -2.09. The summed E-state index contributed by atoms with van der Waals surface area (Å²) in [5, 5.41) is 0.292. The molecule has 0 unspecified atom stereocenters. The molecule has 26 heavy (non-hydrogen) atoms. The molecule has 1 heterocycles. The van der Waals surface area contributed by atoms with Crippen LogP contribution in [0.5, 0.6) is 0 Å². The molecule has 0 aliphatic carbocycles. The van der Waals surface area contributed by atoms with Crippen LogP contribution in [0.25, 0.3) is 17.2 Å². The molecular weight excluding hydrogens is 421 g/mol. The minimum absolute atomic E-state index is 0.201. The summed E-state index contributed by atoms with van der Waals surface area (Å²) in [7, 11) is 0. The van der Waals surface area contributed by atoms with E-state index in [1.54, 1.807) is 18.2 Å². The second kappa shape index (κ2) is 8.07.